The van der Waals surface area contributed by atoms with Gasteiger partial charge in [0.15, 0.2) is 34.7 Å². The number of hydrogen-bond donors (Lipinski definition) is 4. The summed E-state index contributed by atoms with van der Waals surface area (Å²) in [7, 11) is 0. The van der Waals surface area contributed by atoms with Crippen LogP contribution in [0.4, 0.5) is 0 Å². The van der Waals surface area contributed by atoms with E-state index < -0.39 is 78.0 Å². The number of thiol groups is 4. The van der Waals surface area contributed by atoms with Crippen molar-refractivity contribution in [3.05, 3.63) is 166 Å². The zero-order valence-electron chi connectivity index (χ0n) is 25.1. The van der Waals surface area contributed by atoms with Crippen LogP contribution in [0.2, 0.25) is 0 Å². The summed E-state index contributed by atoms with van der Waals surface area (Å²) in [5, 5.41) is -6.21. The number of carbonyl (C=O) groups excluding carboxylic acids is 6. The molecule has 0 amide bonds. The fraction of sp³-hybridized carbons (Fsp3) is 0.105. The van der Waals surface area contributed by atoms with E-state index in [9.17, 15) is 28.8 Å². The van der Waals surface area contributed by atoms with Gasteiger partial charge in [0.05, 0.1) is 21.0 Å². The lowest BCUT2D eigenvalue weighted by Crippen LogP contribution is -2.42. The smallest absolute Gasteiger partial charge is 0.189 e. The van der Waals surface area contributed by atoms with Gasteiger partial charge in [0, 0.05) is 44.5 Å². The minimum absolute atomic E-state index is 0.195. The van der Waals surface area contributed by atoms with Crippen molar-refractivity contribution < 1.29 is 28.8 Å². The molecule has 1 aliphatic carbocycles. The van der Waals surface area contributed by atoms with Gasteiger partial charge in [-0.3, -0.25) is 28.8 Å². The van der Waals surface area contributed by atoms with Crippen molar-refractivity contribution in [2.24, 2.45) is 0 Å². The molecule has 6 nitrogen and oxygen atoms in total. The Morgan fingerprint density at radius 1 is 0.333 bits per heavy atom. The van der Waals surface area contributed by atoms with Crippen molar-refractivity contribution in [1.82, 2.24) is 0 Å². The summed E-state index contributed by atoms with van der Waals surface area (Å²) in [5.74, 6) is -4.39. The Morgan fingerprint density at radius 3 is 0.667 bits per heavy atom. The lowest BCUT2D eigenvalue weighted by atomic mass is 9.75. The van der Waals surface area contributed by atoms with Gasteiger partial charge in [-0.05, 0) is 0 Å². The summed E-state index contributed by atoms with van der Waals surface area (Å²) in [6.07, 6.45) is 0. The first-order chi connectivity index (χ1) is 23.0. The van der Waals surface area contributed by atoms with Crippen molar-refractivity contribution in [2.75, 3.05) is 0 Å². The molecule has 4 aromatic rings. The molecule has 0 N–H and O–H groups in total. The Hall–Kier alpha value is -4.22. The molecule has 0 saturated heterocycles. The summed E-state index contributed by atoms with van der Waals surface area (Å²) in [6.45, 7) is 0. The first-order valence-corrected chi connectivity index (χ1v) is 16.8. The molecule has 0 fully saturated rings. The van der Waals surface area contributed by atoms with E-state index in [1.54, 1.807) is 72.8 Å². The fourth-order valence-electron chi connectivity index (χ4n) is 5.43. The maximum absolute atomic E-state index is 14.8. The van der Waals surface area contributed by atoms with Crippen molar-refractivity contribution >= 4 is 85.2 Å². The second kappa shape index (κ2) is 15.3. The van der Waals surface area contributed by atoms with Gasteiger partial charge in [0.25, 0.3) is 0 Å². The van der Waals surface area contributed by atoms with Crippen LogP contribution in [0.3, 0.4) is 0 Å². The highest BCUT2D eigenvalue weighted by atomic mass is 32.1. The summed E-state index contributed by atoms with van der Waals surface area (Å²) >= 11 is 18.2. The quantitative estimate of drug-likeness (QED) is 0.0767. The van der Waals surface area contributed by atoms with E-state index >= 15 is 0 Å². The number of ketones is 6. The Labute approximate surface area is 299 Å². The number of hydrogen-bond acceptors (Lipinski definition) is 10. The SMILES string of the molecule is O=C1C(C(S)C(=O)c2ccccc2)=C(C(S)C(=O)c2ccccc2)C(=O)C(C(S)C(=O)c2ccccc2)=C1C(S)C(=O)c1ccccc1. The molecule has 0 aliphatic heterocycles. The van der Waals surface area contributed by atoms with E-state index in [0.717, 1.165) is 0 Å². The molecule has 4 atom stereocenters. The number of carbonyl (C=O) groups is 6. The van der Waals surface area contributed by atoms with E-state index in [1.807, 2.05) is 0 Å². The Balaban J connectivity index is 1.74. The Morgan fingerprint density at radius 2 is 0.500 bits per heavy atom. The van der Waals surface area contributed by atoms with Gasteiger partial charge < -0.3 is 0 Å². The lowest BCUT2D eigenvalue weighted by Gasteiger charge is -2.31. The van der Waals surface area contributed by atoms with Gasteiger partial charge in [0.1, 0.15) is 0 Å². The maximum atomic E-state index is 14.8. The van der Waals surface area contributed by atoms with Gasteiger partial charge in [-0.2, -0.15) is 50.5 Å². The second-order valence-corrected chi connectivity index (χ2v) is 12.9. The van der Waals surface area contributed by atoms with E-state index in [1.165, 1.54) is 48.5 Å². The third-order valence-electron chi connectivity index (χ3n) is 7.88. The third kappa shape index (κ3) is 6.98. The van der Waals surface area contributed by atoms with E-state index in [0.29, 0.717) is 0 Å². The first kappa shape index (κ1) is 35.1. The third-order valence-corrected chi connectivity index (χ3v) is 9.85. The second-order valence-electron chi connectivity index (χ2n) is 10.8. The van der Waals surface area contributed by atoms with E-state index in [4.69, 9.17) is 0 Å². The molecule has 4 unspecified atom stereocenters. The van der Waals surface area contributed by atoms with Crippen molar-refractivity contribution in [2.45, 2.75) is 21.0 Å². The van der Waals surface area contributed by atoms with Gasteiger partial charge in [0.2, 0.25) is 0 Å². The fourth-order valence-corrected chi connectivity index (χ4v) is 7.05. The molecule has 1 aliphatic rings. The van der Waals surface area contributed by atoms with Crippen LogP contribution in [0.1, 0.15) is 41.4 Å². The van der Waals surface area contributed by atoms with Crippen LogP contribution >= 0.6 is 50.5 Å². The van der Waals surface area contributed by atoms with Crippen LogP contribution in [0.25, 0.3) is 0 Å². The van der Waals surface area contributed by atoms with E-state index in [2.05, 4.69) is 50.5 Å². The largest absolute Gasteiger partial charge is 0.293 e. The number of Topliss-reactive ketones (excluding diaryl/α,β-unsaturated/α-hetero) is 6. The topological polar surface area (TPSA) is 102 Å². The Kier molecular flexibility index (Phi) is 11.2. The zero-order valence-corrected chi connectivity index (χ0v) is 28.7. The molecule has 5 rings (SSSR count). The summed E-state index contributed by atoms with van der Waals surface area (Å²) < 4.78 is 0. The van der Waals surface area contributed by atoms with Crippen molar-refractivity contribution in [1.29, 1.82) is 0 Å². The average molecular weight is 709 g/mol. The van der Waals surface area contributed by atoms with Crippen LogP contribution in [-0.2, 0) is 9.59 Å². The molecule has 240 valence electrons. The lowest BCUT2D eigenvalue weighted by molar-refractivity contribution is -0.116. The highest BCUT2D eigenvalue weighted by Gasteiger charge is 2.47. The highest BCUT2D eigenvalue weighted by Crippen LogP contribution is 2.40. The van der Waals surface area contributed by atoms with Crippen molar-refractivity contribution in [3.8, 4) is 0 Å². The van der Waals surface area contributed by atoms with Gasteiger partial charge in [-0.1, -0.05) is 121 Å². The highest BCUT2D eigenvalue weighted by molar-refractivity contribution is 7.83. The van der Waals surface area contributed by atoms with Crippen molar-refractivity contribution in [3.63, 3.8) is 0 Å². The van der Waals surface area contributed by atoms with Gasteiger partial charge in [-0.25, -0.2) is 0 Å². The van der Waals surface area contributed by atoms with Crippen LogP contribution in [-0.4, -0.2) is 55.7 Å². The minimum atomic E-state index is -1.55. The maximum Gasteiger partial charge on any atom is 0.189 e. The molecule has 0 bridgehead atoms. The number of rotatable bonds is 12. The molecule has 48 heavy (non-hydrogen) atoms. The summed E-state index contributed by atoms with van der Waals surface area (Å²) in [6, 6.07) is 32.1. The number of benzene rings is 4. The van der Waals surface area contributed by atoms with E-state index in [-0.39, 0.29) is 22.3 Å². The first-order valence-electron chi connectivity index (χ1n) is 14.7. The predicted octanol–water partition coefficient (Wildman–Crippen LogP) is 6.46. The Bertz CT molecular complexity index is 1690. The summed E-state index contributed by atoms with van der Waals surface area (Å²) in [5.41, 5.74) is -0.915. The molecule has 0 radical (unpaired) electrons. The molecule has 0 saturated carbocycles. The standard InChI is InChI=1S/C38H28O6S4/c39-29(21-13-5-1-6-14-21)35(45)25-26(36(46)30(40)22-15-7-2-8-16-22)34(44)28(38(48)32(42)24-19-11-4-12-20-24)27(33(25)43)37(47)31(41)23-17-9-3-10-18-23/h1-20,35-38,45-48H. The minimum Gasteiger partial charge on any atom is -0.293 e. The van der Waals surface area contributed by atoms with Crippen LogP contribution in [0.5, 0.6) is 0 Å². The molecule has 0 heterocycles. The monoisotopic (exact) mass is 708 g/mol. The summed E-state index contributed by atoms with van der Waals surface area (Å²) in [4.78, 5) is 84.8. The molecule has 10 heteroatoms. The molecule has 4 aromatic carbocycles. The van der Waals surface area contributed by atoms with Crippen LogP contribution < -0.4 is 0 Å². The van der Waals surface area contributed by atoms with Gasteiger partial charge in [-0.15, -0.1) is 0 Å². The molecule has 0 spiro atoms. The van der Waals surface area contributed by atoms with Gasteiger partial charge >= 0.3 is 0 Å². The average Bonchev–Trinajstić information content (AvgIpc) is 3.14. The van der Waals surface area contributed by atoms with Crippen LogP contribution in [0, 0.1) is 0 Å². The van der Waals surface area contributed by atoms with Crippen LogP contribution in [0.15, 0.2) is 144 Å². The zero-order chi connectivity index (χ0) is 34.5. The molecule has 0 aromatic heterocycles. The molecular weight excluding hydrogens is 681 g/mol. The predicted molar refractivity (Wildman–Crippen MR) is 198 cm³/mol. The molecular formula is C38H28O6S4. The normalized spacial score (nSPS) is 15.8.